The molecule has 0 radical (unpaired) electrons. The number of aliphatic hydroxyl groups excluding tert-OH is 1. The number of hydrogen-bond acceptors (Lipinski definition) is 5. The van der Waals surface area contributed by atoms with E-state index in [1.165, 1.54) is 4.57 Å². The van der Waals surface area contributed by atoms with Crippen LogP contribution in [-0.2, 0) is 11.3 Å². The van der Waals surface area contributed by atoms with Crippen LogP contribution in [0, 0.1) is 5.92 Å². The molecule has 7 nitrogen and oxygen atoms in total. The van der Waals surface area contributed by atoms with Gasteiger partial charge in [-0.05, 0) is 12.1 Å². The number of nitrogens with one attached hydrogen (secondary N) is 2. The Kier molecular flexibility index (Phi) is 6.28. The number of β-amino-alcohol motifs (C(OH)–C–C–N with tert-alkyl or cyclic N) is 1. The average molecular weight is 376 g/mol. The fourth-order valence-corrected chi connectivity index (χ4v) is 2.89. The Hall–Kier alpha value is -1.54. The number of oxazole rings is 1. The van der Waals surface area contributed by atoms with E-state index in [1.54, 1.807) is 18.2 Å². The van der Waals surface area contributed by atoms with Crippen molar-refractivity contribution in [3.8, 4) is 0 Å². The number of benzene rings is 1. The van der Waals surface area contributed by atoms with E-state index in [4.69, 9.17) is 16.0 Å². The predicted octanol–water partition coefficient (Wildman–Crippen LogP) is 0.756. The Morgan fingerprint density at radius 3 is 2.96 bits per heavy atom. The molecule has 2 atom stereocenters. The normalized spacial score (nSPS) is 20.1. The highest BCUT2D eigenvalue weighted by atomic mass is 35.5. The lowest BCUT2D eigenvalue weighted by Gasteiger charge is -2.14. The molecule has 3 rings (SSSR count). The topological polar surface area (TPSA) is 96.5 Å². The second kappa shape index (κ2) is 8.02. The Morgan fingerprint density at radius 1 is 1.46 bits per heavy atom. The fourth-order valence-electron chi connectivity index (χ4n) is 2.73. The quantitative estimate of drug-likeness (QED) is 0.716. The maximum absolute atomic E-state index is 11.9. The number of aliphatic hydroxyl groups is 1. The molecule has 1 saturated heterocycles. The Balaban J connectivity index is 0.00000208. The molecule has 1 fully saturated rings. The zero-order valence-corrected chi connectivity index (χ0v) is 14.4. The smallest absolute Gasteiger partial charge is 0.408 e. The maximum Gasteiger partial charge on any atom is 0.419 e. The molecule has 2 unspecified atom stereocenters. The van der Waals surface area contributed by atoms with Crippen molar-refractivity contribution in [2.75, 3.05) is 19.6 Å². The van der Waals surface area contributed by atoms with Crippen molar-refractivity contribution in [2.45, 2.75) is 19.1 Å². The number of amides is 1. The highest BCUT2D eigenvalue weighted by molar-refractivity contribution is 6.31. The summed E-state index contributed by atoms with van der Waals surface area (Å²) in [5, 5.41) is 16.0. The van der Waals surface area contributed by atoms with Gasteiger partial charge in [0.15, 0.2) is 5.58 Å². The molecule has 132 valence electrons. The van der Waals surface area contributed by atoms with Crippen LogP contribution in [0.5, 0.6) is 0 Å². The van der Waals surface area contributed by atoms with Gasteiger partial charge in [-0.1, -0.05) is 11.6 Å². The van der Waals surface area contributed by atoms with Gasteiger partial charge in [0.2, 0.25) is 5.91 Å². The minimum absolute atomic E-state index is 0. The average Bonchev–Trinajstić information content (AvgIpc) is 3.05. The summed E-state index contributed by atoms with van der Waals surface area (Å²) in [5.74, 6) is -0.650. The zero-order chi connectivity index (χ0) is 16.4. The molecule has 0 spiro atoms. The summed E-state index contributed by atoms with van der Waals surface area (Å²) in [7, 11) is 0. The predicted molar refractivity (Wildman–Crippen MR) is 92.7 cm³/mol. The molecular formula is C15H19Cl2N3O4. The summed E-state index contributed by atoms with van der Waals surface area (Å²) < 4.78 is 6.53. The van der Waals surface area contributed by atoms with Gasteiger partial charge in [0, 0.05) is 49.6 Å². The van der Waals surface area contributed by atoms with E-state index < -0.39 is 11.9 Å². The van der Waals surface area contributed by atoms with E-state index in [1.807, 2.05) is 0 Å². The monoisotopic (exact) mass is 375 g/mol. The molecule has 2 aromatic rings. The van der Waals surface area contributed by atoms with E-state index in [-0.39, 0.29) is 37.2 Å². The largest absolute Gasteiger partial charge is 0.419 e. The number of aromatic nitrogens is 1. The number of hydrogen-bond donors (Lipinski definition) is 3. The molecule has 1 aromatic heterocycles. The molecule has 0 aliphatic carbocycles. The number of aryl methyl sites for hydroxylation is 1. The Bertz CT molecular complexity index is 774. The van der Waals surface area contributed by atoms with Gasteiger partial charge in [0.05, 0.1) is 11.6 Å². The first-order chi connectivity index (χ1) is 11.0. The second-order valence-electron chi connectivity index (χ2n) is 5.67. The van der Waals surface area contributed by atoms with Crippen molar-refractivity contribution in [3.63, 3.8) is 0 Å². The summed E-state index contributed by atoms with van der Waals surface area (Å²) in [6.45, 7) is 1.89. The summed E-state index contributed by atoms with van der Waals surface area (Å²) in [5.41, 5.74) is 1.02. The van der Waals surface area contributed by atoms with Gasteiger partial charge in [0.1, 0.15) is 0 Å². The van der Waals surface area contributed by atoms with Crippen molar-refractivity contribution in [2.24, 2.45) is 5.92 Å². The molecule has 0 saturated carbocycles. The van der Waals surface area contributed by atoms with Gasteiger partial charge in [-0.25, -0.2) is 4.79 Å². The number of carbonyl (C=O) groups excluding carboxylic acids is 1. The molecule has 1 aliphatic heterocycles. The first kappa shape index (κ1) is 18.8. The van der Waals surface area contributed by atoms with Gasteiger partial charge < -0.3 is 20.2 Å². The number of fused-ring (bicyclic) bond motifs is 1. The number of nitrogens with zero attached hydrogens (tertiary/aromatic N) is 1. The van der Waals surface area contributed by atoms with Crippen LogP contribution in [0.3, 0.4) is 0 Å². The lowest BCUT2D eigenvalue weighted by atomic mass is 10.1. The van der Waals surface area contributed by atoms with E-state index in [9.17, 15) is 14.7 Å². The second-order valence-corrected chi connectivity index (χ2v) is 6.11. The minimum atomic E-state index is -0.509. The molecule has 24 heavy (non-hydrogen) atoms. The maximum atomic E-state index is 11.9. The molecule has 9 heteroatoms. The summed E-state index contributed by atoms with van der Waals surface area (Å²) in [4.78, 5) is 23.8. The van der Waals surface area contributed by atoms with E-state index in [0.717, 1.165) is 0 Å². The van der Waals surface area contributed by atoms with Crippen molar-refractivity contribution in [1.29, 1.82) is 0 Å². The SMILES string of the molecule is Cl.O=C(CCn1c(=O)oc2cc(Cl)ccc21)NCC1CNCC1O. The number of carbonyl (C=O) groups is 1. The summed E-state index contributed by atoms with van der Waals surface area (Å²) in [6, 6.07) is 4.94. The van der Waals surface area contributed by atoms with Crippen LogP contribution in [0.1, 0.15) is 6.42 Å². The van der Waals surface area contributed by atoms with Gasteiger partial charge in [0.25, 0.3) is 0 Å². The van der Waals surface area contributed by atoms with Crippen LogP contribution in [0.4, 0.5) is 0 Å². The van der Waals surface area contributed by atoms with Gasteiger partial charge in [-0.15, -0.1) is 12.4 Å². The van der Waals surface area contributed by atoms with Crippen molar-refractivity contribution in [1.82, 2.24) is 15.2 Å². The zero-order valence-electron chi connectivity index (χ0n) is 12.8. The van der Waals surface area contributed by atoms with E-state index >= 15 is 0 Å². The lowest BCUT2D eigenvalue weighted by molar-refractivity contribution is -0.121. The third kappa shape index (κ3) is 4.10. The van der Waals surface area contributed by atoms with Crippen molar-refractivity contribution >= 4 is 41.0 Å². The van der Waals surface area contributed by atoms with Gasteiger partial charge in [-0.3, -0.25) is 9.36 Å². The molecule has 1 aromatic carbocycles. The van der Waals surface area contributed by atoms with Gasteiger partial charge >= 0.3 is 5.76 Å². The molecule has 0 bridgehead atoms. The molecular weight excluding hydrogens is 357 g/mol. The van der Waals surface area contributed by atoms with Crippen molar-refractivity contribution in [3.05, 3.63) is 33.8 Å². The van der Waals surface area contributed by atoms with Crippen LogP contribution in [0.25, 0.3) is 11.1 Å². The van der Waals surface area contributed by atoms with Crippen LogP contribution in [0.2, 0.25) is 5.02 Å². The van der Waals surface area contributed by atoms with E-state index in [0.29, 0.717) is 35.8 Å². The van der Waals surface area contributed by atoms with Crippen LogP contribution in [-0.4, -0.2) is 41.3 Å². The third-order valence-electron chi connectivity index (χ3n) is 4.06. The van der Waals surface area contributed by atoms with E-state index in [2.05, 4.69) is 10.6 Å². The highest BCUT2D eigenvalue weighted by Crippen LogP contribution is 2.18. The van der Waals surface area contributed by atoms with Crippen molar-refractivity contribution < 1.29 is 14.3 Å². The fraction of sp³-hybridized carbons (Fsp3) is 0.467. The summed E-state index contributed by atoms with van der Waals surface area (Å²) in [6.07, 6.45) is -0.270. The molecule has 1 aliphatic rings. The molecule has 1 amide bonds. The Morgan fingerprint density at radius 2 is 2.25 bits per heavy atom. The Labute approximate surface area is 149 Å². The first-order valence-electron chi connectivity index (χ1n) is 7.49. The minimum Gasteiger partial charge on any atom is -0.408 e. The molecule has 2 heterocycles. The number of halogens is 2. The third-order valence-corrected chi connectivity index (χ3v) is 4.29. The first-order valence-corrected chi connectivity index (χ1v) is 7.87. The van der Waals surface area contributed by atoms with Gasteiger partial charge in [-0.2, -0.15) is 0 Å². The van der Waals surface area contributed by atoms with Crippen LogP contribution >= 0.6 is 24.0 Å². The number of rotatable bonds is 5. The summed E-state index contributed by atoms with van der Waals surface area (Å²) >= 11 is 5.86. The lowest BCUT2D eigenvalue weighted by Crippen LogP contribution is -2.35. The van der Waals surface area contributed by atoms with Crippen LogP contribution in [0.15, 0.2) is 27.4 Å². The highest BCUT2D eigenvalue weighted by Gasteiger charge is 2.25. The van der Waals surface area contributed by atoms with Crippen LogP contribution < -0.4 is 16.4 Å². The standard InChI is InChI=1S/C15H18ClN3O4.ClH/c16-10-1-2-11-13(5-10)23-15(22)19(11)4-3-14(21)18-7-9-6-17-8-12(9)20;/h1-2,5,9,12,17,20H,3-4,6-8H2,(H,18,21);1H. The molecule has 3 N–H and O–H groups in total.